The number of nitrogens with one attached hydrogen (secondary N) is 1. The molecule has 0 saturated carbocycles. The summed E-state index contributed by atoms with van der Waals surface area (Å²) >= 11 is 0. The highest BCUT2D eigenvalue weighted by molar-refractivity contribution is 5.97. The molecule has 0 bridgehead atoms. The Kier molecular flexibility index (Phi) is 5.40. The average molecular weight is 443 g/mol. The van der Waals surface area contributed by atoms with Gasteiger partial charge in [-0.15, -0.1) is 0 Å². The zero-order valence-corrected chi connectivity index (χ0v) is 17.9. The van der Waals surface area contributed by atoms with E-state index in [0.29, 0.717) is 41.5 Å². The van der Waals surface area contributed by atoms with Crippen LogP contribution < -0.4 is 14.8 Å². The van der Waals surface area contributed by atoms with Crippen molar-refractivity contribution in [2.75, 3.05) is 25.1 Å². The van der Waals surface area contributed by atoms with Gasteiger partial charge in [0.05, 0.1) is 16.6 Å². The molecule has 0 fully saturated rings. The first kappa shape index (κ1) is 20.6. The number of amides is 1. The van der Waals surface area contributed by atoms with Gasteiger partial charge < -0.3 is 19.5 Å². The molecule has 8 heteroatoms. The molecule has 0 atom stereocenters. The van der Waals surface area contributed by atoms with E-state index < -0.39 is 18.5 Å². The van der Waals surface area contributed by atoms with Gasteiger partial charge in [-0.2, -0.15) is 0 Å². The minimum atomic E-state index is -0.596. The summed E-state index contributed by atoms with van der Waals surface area (Å²) < 4.78 is 18.2. The lowest BCUT2D eigenvalue weighted by atomic mass is 10.2. The number of carbonyl (C=O) groups is 2. The number of rotatable bonds is 5. The van der Waals surface area contributed by atoms with Gasteiger partial charge in [-0.25, -0.2) is 9.78 Å². The van der Waals surface area contributed by atoms with Crippen LogP contribution in [0, 0.1) is 6.92 Å². The summed E-state index contributed by atoms with van der Waals surface area (Å²) in [7, 11) is 0. The number of benzene rings is 3. The fourth-order valence-electron chi connectivity index (χ4n) is 3.76. The van der Waals surface area contributed by atoms with Crippen molar-refractivity contribution in [1.29, 1.82) is 0 Å². The second-order valence-electron chi connectivity index (χ2n) is 7.52. The van der Waals surface area contributed by atoms with Crippen LogP contribution in [0.25, 0.3) is 16.7 Å². The van der Waals surface area contributed by atoms with Crippen molar-refractivity contribution in [2.24, 2.45) is 0 Å². The highest BCUT2D eigenvalue weighted by Gasteiger charge is 2.16. The molecule has 0 radical (unpaired) electrons. The number of imidazole rings is 1. The Morgan fingerprint density at radius 3 is 2.61 bits per heavy atom. The van der Waals surface area contributed by atoms with Crippen LogP contribution >= 0.6 is 0 Å². The Bertz CT molecular complexity index is 1350. The number of fused-ring (bicyclic) bond motifs is 2. The Balaban J connectivity index is 1.25. The lowest BCUT2D eigenvalue weighted by Crippen LogP contribution is -2.21. The molecule has 1 aromatic heterocycles. The van der Waals surface area contributed by atoms with Crippen LogP contribution in [0.4, 0.5) is 5.69 Å². The normalized spacial score (nSPS) is 12.4. The molecule has 4 aromatic rings. The molecule has 1 aliphatic heterocycles. The van der Waals surface area contributed by atoms with Gasteiger partial charge in [-0.05, 0) is 49.4 Å². The minimum absolute atomic E-state index is 0.326. The molecule has 0 aliphatic carbocycles. The molecule has 2 heterocycles. The van der Waals surface area contributed by atoms with E-state index in [1.54, 1.807) is 30.3 Å². The summed E-state index contributed by atoms with van der Waals surface area (Å²) in [6.45, 7) is 2.44. The van der Waals surface area contributed by atoms with Crippen LogP contribution in [-0.2, 0) is 9.53 Å². The van der Waals surface area contributed by atoms with Crippen molar-refractivity contribution >= 4 is 28.6 Å². The smallest absolute Gasteiger partial charge is 0.338 e. The zero-order chi connectivity index (χ0) is 22.8. The van der Waals surface area contributed by atoms with Crippen LogP contribution in [0.3, 0.4) is 0 Å². The number of hydrogen-bond donors (Lipinski definition) is 1. The van der Waals surface area contributed by atoms with Crippen molar-refractivity contribution in [1.82, 2.24) is 9.55 Å². The summed E-state index contributed by atoms with van der Waals surface area (Å²) in [5.41, 5.74) is 3.40. The fourth-order valence-corrected chi connectivity index (χ4v) is 3.76. The van der Waals surface area contributed by atoms with Crippen molar-refractivity contribution in [2.45, 2.75) is 6.92 Å². The number of hydrogen-bond acceptors (Lipinski definition) is 6. The number of carbonyl (C=O) groups excluding carboxylic acids is 2. The van der Waals surface area contributed by atoms with Gasteiger partial charge in [0, 0.05) is 17.4 Å². The van der Waals surface area contributed by atoms with Crippen LogP contribution in [0.1, 0.15) is 16.2 Å². The summed E-state index contributed by atoms with van der Waals surface area (Å²) in [5, 5.41) is 2.69. The topological polar surface area (TPSA) is 91.7 Å². The molecule has 1 N–H and O–H groups in total. The number of para-hydroxylation sites is 1. The van der Waals surface area contributed by atoms with Gasteiger partial charge in [-0.1, -0.05) is 18.2 Å². The molecule has 0 spiro atoms. The molecule has 5 rings (SSSR count). The van der Waals surface area contributed by atoms with E-state index in [0.717, 1.165) is 17.0 Å². The third-order valence-electron chi connectivity index (χ3n) is 5.23. The average Bonchev–Trinajstić information content (AvgIpc) is 3.17. The molecular weight excluding hydrogens is 422 g/mol. The Labute approximate surface area is 189 Å². The zero-order valence-electron chi connectivity index (χ0n) is 17.9. The van der Waals surface area contributed by atoms with Crippen LogP contribution in [0.5, 0.6) is 11.5 Å². The molecule has 33 heavy (non-hydrogen) atoms. The molecule has 1 amide bonds. The maximum absolute atomic E-state index is 12.5. The first-order valence-corrected chi connectivity index (χ1v) is 10.5. The lowest BCUT2D eigenvalue weighted by molar-refractivity contribution is -0.119. The van der Waals surface area contributed by atoms with E-state index in [-0.39, 0.29) is 0 Å². The number of esters is 1. The number of aryl methyl sites for hydroxylation is 1. The second kappa shape index (κ2) is 8.66. The van der Waals surface area contributed by atoms with Gasteiger partial charge in [0.15, 0.2) is 18.1 Å². The first-order valence-electron chi connectivity index (χ1n) is 10.5. The van der Waals surface area contributed by atoms with Crippen LogP contribution in [-0.4, -0.2) is 41.2 Å². The Hall–Kier alpha value is -4.33. The predicted octanol–water partition coefficient (Wildman–Crippen LogP) is 3.90. The van der Waals surface area contributed by atoms with Gasteiger partial charge in [0.25, 0.3) is 5.91 Å². The maximum atomic E-state index is 12.5. The van der Waals surface area contributed by atoms with E-state index >= 15 is 0 Å². The predicted molar refractivity (Wildman–Crippen MR) is 122 cm³/mol. The summed E-state index contributed by atoms with van der Waals surface area (Å²) in [6, 6.07) is 20.1. The highest BCUT2D eigenvalue weighted by Crippen LogP contribution is 2.32. The van der Waals surface area contributed by atoms with Gasteiger partial charge >= 0.3 is 5.97 Å². The molecule has 0 saturated heterocycles. The van der Waals surface area contributed by atoms with E-state index in [4.69, 9.17) is 14.2 Å². The van der Waals surface area contributed by atoms with Gasteiger partial charge in [-0.3, -0.25) is 9.36 Å². The first-order chi connectivity index (χ1) is 16.1. The number of ether oxygens (including phenoxy) is 3. The van der Waals surface area contributed by atoms with Crippen LogP contribution in [0.15, 0.2) is 66.7 Å². The highest BCUT2D eigenvalue weighted by atomic mass is 16.6. The molecule has 3 aromatic carbocycles. The fraction of sp³-hybridized carbons (Fsp3) is 0.160. The van der Waals surface area contributed by atoms with Crippen molar-refractivity contribution in [3.05, 3.63) is 78.1 Å². The Morgan fingerprint density at radius 1 is 1.00 bits per heavy atom. The van der Waals surface area contributed by atoms with Crippen molar-refractivity contribution in [3.63, 3.8) is 0 Å². The third-order valence-corrected chi connectivity index (χ3v) is 5.23. The molecular formula is C25H21N3O5. The molecule has 166 valence electrons. The van der Waals surface area contributed by atoms with E-state index in [2.05, 4.69) is 10.3 Å². The Morgan fingerprint density at radius 2 is 1.79 bits per heavy atom. The van der Waals surface area contributed by atoms with Gasteiger partial charge in [0.2, 0.25) is 0 Å². The third kappa shape index (κ3) is 4.23. The molecule has 1 aliphatic rings. The SMILES string of the molecule is Cc1nc2cc(C(=O)OCC(=O)Nc3ccc4c(c3)OCCO4)ccc2n1-c1ccccc1. The largest absolute Gasteiger partial charge is 0.486 e. The van der Waals surface area contributed by atoms with Crippen molar-refractivity contribution in [3.8, 4) is 17.2 Å². The number of anilines is 1. The van der Waals surface area contributed by atoms with E-state index in [1.807, 2.05) is 47.9 Å². The standard InChI is InChI=1S/C25H21N3O5/c1-16-26-20-13-17(7-9-21(20)28(16)19-5-3-2-4-6-19)25(30)33-15-24(29)27-18-8-10-22-23(14-18)32-12-11-31-22/h2-10,13-14H,11-12,15H2,1H3,(H,27,29). The molecule has 8 nitrogen and oxygen atoms in total. The summed E-state index contributed by atoms with van der Waals surface area (Å²) in [5.74, 6) is 0.951. The maximum Gasteiger partial charge on any atom is 0.338 e. The minimum Gasteiger partial charge on any atom is -0.486 e. The van der Waals surface area contributed by atoms with Gasteiger partial charge in [0.1, 0.15) is 19.0 Å². The molecule has 0 unspecified atom stereocenters. The second-order valence-corrected chi connectivity index (χ2v) is 7.52. The number of aromatic nitrogens is 2. The monoisotopic (exact) mass is 443 g/mol. The van der Waals surface area contributed by atoms with Crippen molar-refractivity contribution < 1.29 is 23.8 Å². The quantitative estimate of drug-likeness (QED) is 0.471. The lowest BCUT2D eigenvalue weighted by Gasteiger charge is -2.19. The summed E-state index contributed by atoms with van der Waals surface area (Å²) in [4.78, 5) is 29.4. The number of nitrogens with zero attached hydrogens (tertiary/aromatic N) is 2. The van der Waals surface area contributed by atoms with Crippen LogP contribution in [0.2, 0.25) is 0 Å². The van der Waals surface area contributed by atoms with E-state index in [1.165, 1.54) is 0 Å². The summed E-state index contributed by atoms with van der Waals surface area (Å²) in [6.07, 6.45) is 0. The van der Waals surface area contributed by atoms with E-state index in [9.17, 15) is 9.59 Å².